The Bertz CT molecular complexity index is 714. The summed E-state index contributed by atoms with van der Waals surface area (Å²) in [5.74, 6) is -0.509. The highest BCUT2D eigenvalue weighted by Crippen LogP contribution is 2.39. The fourth-order valence-corrected chi connectivity index (χ4v) is 2.72. The number of rotatable bonds is 2. The lowest BCUT2D eigenvalue weighted by atomic mass is 9.87. The van der Waals surface area contributed by atoms with E-state index in [4.69, 9.17) is 5.73 Å². The third-order valence-corrected chi connectivity index (χ3v) is 4.13. The standard InChI is InChI=1S/C17H17FN2O/c1-10-7-8-12(9-11(10)2)20-16(15(19)17(20)21)13-5-3-4-6-14(13)18/h3-9,15-16H,19H2,1-2H3/t15-,16-/m1/s1. The first-order valence-corrected chi connectivity index (χ1v) is 6.91. The molecule has 21 heavy (non-hydrogen) atoms. The van der Waals surface area contributed by atoms with Gasteiger partial charge in [0.25, 0.3) is 0 Å². The van der Waals surface area contributed by atoms with Crippen molar-refractivity contribution in [3.8, 4) is 0 Å². The van der Waals surface area contributed by atoms with Crippen molar-refractivity contribution < 1.29 is 9.18 Å². The molecular formula is C17H17FN2O. The maximum atomic E-state index is 14.0. The van der Waals surface area contributed by atoms with Gasteiger partial charge in [-0.05, 0) is 43.2 Å². The third-order valence-electron chi connectivity index (χ3n) is 4.13. The van der Waals surface area contributed by atoms with Crippen LogP contribution in [0.4, 0.5) is 10.1 Å². The van der Waals surface area contributed by atoms with Crippen molar-refractivity contribution in [2.45, 2.75) is 25.9 Å². The normalized spacial score (nSPS) is 21.3. The minimum Gasteiger partial charge on any atom is -0.318 e. The maximum Gasteiger partial charge on any atom is 0.247 e. The van der Waals surface area contributed by atoms with E-state index in [0.29, 0.717) is 5.56 Å². The number of hydrogen-bond acceptors (Lipinski definition) is 2. The minimum atomic E-state index is -0.691. The summed E-state index contributed by atoms with van der Waals surface area (Å²) in [5.41, 5.74) is 9.37. The predicted molar refractivity (Wildman–Crippen MR) is 80.5 cm³/mol. The molecule has 1 amide bonds. The van der Waals surface area contributed by atoms with Crippen LogP contribution in [-0.4, -0.2) is 11.9 Å². The molecule has 2 N–H and O–H groups in total. The van der Waals surface area contributed by atoms with Gasteiger partial charge < -0.3 is 10.6 Å². The van der Waals surface area contributed by atoms with Gasteiger partial charge in [-0.3, -0.25) is 4.79 Å². The van der Waals surface area contributed by atoms with Crippen LogP contribution >= 0.6 is 0 Å². The van der Waals surface area contributed by atoms with E-state index < -0.39 is 12.1 Å². The Morgan fingerprint density at radius 3 is 2.48 bits per heavy atom. The molecule has 2 atom stereocenters. The Morgan fingerprint density at radius 1 is 1.10 bits per heavy atom. The second-order valence-corrected chi connectivity index (χ2v) is 5.47. The number of hydrogen-bond donors (Lipinski definition) is 1. The van der Waals surface area contributed by atoms with Gasteiger partial charge in [0.05, 0.1) is 6.04 Å². The number of benzene rings is 2. The first kappa shape index (κ1) is 13.8. The van der Waals surface area contributed by atoms with Crippen LogP contribution in [0, 0.1) is 19.7 Å². The predicted octanol–water partition coefficient (Wildman–Crippen LogP) is 2.86. The number of halogens is 1. The molecule has 1 heterocycles. The van der Waals surface area contributed by atoms with Gasteiger partial charge >= 0.3 is 0 Å². The molecule has 0 aromatic heterocycles. The number of nitrogens with two attached hydrogens (primary N) is 1. The minimum absolute atomic E-state index is 0.175. The molecule has 2 aromatic carbocycles. The zero-order chi connectivity index (χ0) is 15.1. The molecule has 0 aliphatic carbocycles. The molecule has 3 nitrogen and oxygen atoms in total. The molecule has 0 saturated carbocycles. The maximum absolute atomic E-state index is 14.0. The number of aryl methyl sites for hydroxylation is 2. The van der Waals surface area contributed by atoms with Gasteiger partial charge in [0.15, 0.2) is 0 Å². The van der Waals surface area contributed by atoms with Crippen molar-refractivity contribution in [3.05, 3.63) is 65.0 Å². The monoisotopic (exact) mass is 284 g/mol. The molecule has 108 valence electrons. The Balaban J connectivity index is 2.02. The van der Waals surface area contributed by atoms with E-state index in [0.717, 1.165) is 16.8 Å². The van der Waals surface area contributed by atoms with Crippen LogP contribution < -0.4 is 10.6 Å². The molecule has 1 aliphatic heterocycles. The van der Waals surface area contributed by atoms with Crippen LogP contribution in [0.15, 0.2) is 42.5 Å². The summed E-state index contributed by atoms with van der Waals surface area (Å²) in [6, 6.07) is 11.1. The fraction of sp³-hybridized carbons (Fsp3) is 0.235. The van der Waals surface area contributed by atoms with Crippen molar-refractivity contribution in [2.75, 3.05) is 4.90 Å². The topological polar surface area (TPSA) is 46.3 Å². The van der Waals surface area contributed by atoms with Crippen LogP contribution in [0.3, 0.4) is 0 Å². The molecule has 1 fully saturated rings. The number of amides is 1. The number of nitrogens with zero attached hydrogens (tertiary/aromatic N) is 1. The lowest BCUT2D eigenvalue weighted by molar-refractivity contribution is -0.126. The molecular weight excluding hydrogens is 267 g/mol. The lowest BCUT2D eigenvalue weighted by Crippen LogP contribution is -2.63. The van der Waals surface area contributed by atoms with Crippen molar-refractivity contribution >= 4 is 11.6 Å². The Labute approximate surface area is 123 Å². The number of anilines is 1. The molecule has 1 saturated heterocycles. The van der Waals surface area contributed by atoms with E-state index in [1.807, 2.05) is 32.0 Å². The van der Waals surface area contributed by atoms with Crippen LogP contribution in [0.1, 0.15) is 22.7 Å². The van der Waals surface area contributed by atoms with Gasteiger partial charge in [0, 0.05) is 11.3 Å². The Hall–Kier alpha value is -2.20. The zero-order valence-corrected chi connectivity index (χ0v) is 12.0. The van der Waals surface area contributed by atoms with E-state index >= 15 is 0 Å². The van der Waals surface area contributed by atoms with Crippen LogP contribution in [-0.2, 0) is 4.79 Å². The molecule has 2 aromatic rings. The number of carbonyl (C=O) groups excluding carboxylic acids is 1. The van der Waals surface area contributed by atoms with Crippen molar-refractivity contribution in [1.29, 1.82) is 0 Å². The largest absolute Gasteiger partial charge is 0.318 e. The van der Waals surface area contributed by atoms with Crippen molar-refractivity contribution in [1.82, 2.24) is 0 Å². The SMILES string of the molecule is Cc1ccc(N2C(=O)[C@H](N)[C@H]2c2ccccc2F)cc1C. The summed E-state index contributed by atoms with van der Waals surface area (Å²) in [6.07, 6.45) is 0. The molecule has 0 spiro atoms. The second-order valence-electron chi connectivity index (χ2n) is 5.47. The summed E-state index contributed by atoms with van der Waals surface area (Å²) in [6.45, 7) is 4.00. The molecule has 0 bridgehead atoms. The van der Waals surface area contributed by atoms with E-state index in [1.165, 1.54) is 6.07 Å². The second kappa shape index (κ2) is 4.97. The highest BCUT2D eigenvalue weighted by Gasteiger charge is 2.47. The van der Waals surface area contributed by atoms with E-state index in [1.54, 1.807) is 23.1 Å². The Kier molecular flexibility index (Phi) is 3.26. The van der Waals surface area contributed by atoms with Gasteiger partial charge in [-0.1, -0.05) is 24.3 Å². The molecule has 4 heteroatoms. The zero-order valence-electron chi connectivity index (χ0n) is 12.0. The Morgan fingerprint density at radius 2 is 1.81 bits per heavy atom. The first-order chi connectivity index (χ1) is 10.0. The summed E-state index contributed by atoms with van der Waals surface area (Å²) in [7, 11) is 0. The number of carbonyl (C=O) groups is 1. The van der Waals surface area contributed by atoms with Gasteiger partial charge in [-0.15, -0.1) is 0 Å². The first-order valence-electron chi connectivity index (χ1n) is 6.91. The van der Waals surface area contributed by atoms with E-state index in [9.17, 15) is 9.18 Å². The van der Waals surface area contributed by atoms with Gasteiger partial charge in [0.2, 0.25) is 5.91 Å². The number of β-lactam (4-membered cyclic amide) rings is 1. The molecule has 0 unspecified atom stereocenters. The van der Waals surface area contributed by atoms with Gasteiger partial charge in [0.1, 0.15) is 11.9 Å². The highest BCUT2D eigenvalue weighted by atomic mass is 19.1. The van der Waals surface area contributed by atoms with Crippen LogP contribution in [0.2, 0.25) is 0 Å². The summed E-state index contributed by atoms with van der Waals surface area (Å²) in [4.78, 5) is 13.7. The highest BCUT2D eigenvalue weighted by molar-refractivity contribution is 6.05. The van der Waals surface area contributed by atoms with Gasteiger partial charge in [-0.25, -0.2) is 4.39 Å². The summed E-state index contributed by atoms with van der Waals surface area (Å²) < 4.78 is 14.0. The molecule has 0 radical (unpaired) electrons. The third kappa shape index (κ3) is 2.12. The quantitative estimate of drug-likeness (QED) is 0.862. The molecule has 3 rings (SSSR count). The van der Waals surface area contributed by atoms with E-state index in [2.05, 4.69) is 0 Å². The van der Waals surface area contributed by atoms with Gasteiger partial charge in [-0.2, -0.15) is 0 Å². The van der Waals surface area contributed by atoms with Crippen LogP contribution in [0.5, 0.6) is 0 Å². The average molecular weight is 284 g/mol. The van der Waals surface area contributed by atoms with Crippen LogP contribution in [0.25, 0.3) is 0 Å². The smallest absolute Gasteiger partial charge is 0.247 e. The summed E-state index contributed by atoms with van der Waals surface area (Å²) >= 11 is 0. The molecule has 1 aliphatic rings. The lowest BCUT2D eigenvalue weighted by Gasteiger charge is -2.45. The summed E-state index contributed by atoms with van der Waals surface area (Å²) in [5, 5.41) is 0. The van der Waals surface area contributed by atoms with E-state index in [-0.39, 0.29) is 11.7 Å². The van der Waals surface area contributed by atoms with Crippen molar-refractivity contribution in [3.63, 3.8) is 0 Å². The average Bonchev–Trinajstić information content (AvgIpc) is 2.48. The fourth-order valence-electron chi connectivity index (χ4n) is 2.72. The van der Waals surface area contributed by atoms with Crippen molar-refractivity contribution in [2.24, 2.45) is 5.73 Å².